The standard InChI is InChI=1S/C19H22FN7O/c1-4-27-10-9-15(26-27)18(28)23-19(21-12(2)3)22-17-11-16(24-25-17)13-5-7-14(20)8-6-13/h5-12H,4H2,1-3H3,(H3,21,22,23,24,25,28). The van der Waals surface area contributed by atoms with Gasteiger partial charge in [0.25, 0.3) is 5.91 Å². The number of rotatable bonds is 5. The Morgan fingerprint density at radius 2 is 2.04 bits per heavy atom. The van der Waals surface area contributed by atoms with E-state index in [1.54, 1.807) is 35.1 Å². The van der Waals surface area contributed by atoms with Crippen LogP contribution in [0.25, 0.3) is 11.3 Å². The molecule has 0 unspecified atom stereocenters. The number of nitrogens with one attached hydrogen (secondary N) is 3. The fourth-order valence-corrected chi connectivity index (χ4v) is 2.47. The van der Waals surface area contributed by atoms with Crippen molar-refractivity contribution in [1.82, 2.24) is 25.3 Å². The van der Waals surface area contributed by atoms with E-state index in [-0.39, 0.29) is 23.7 Å². The fourth-order valence-electron chi connectivity index (χ4n) is 2.47. The lowest BCUT2D eigenvalue weighted by Crippen LogP contribution is -2.37. The molecule has 0 fully saturated rings. The molecule has 3 aromatic rings. The highest BCUT2D eigenvalue weighted by atomic mass is 19.1. The average molecular weight is 383 g/mol. The summed E-state index contributed by atoms with van der Waals surface area (Å²) in [4.78, 5) is 16.8. The third kappa shape index (κ3) is 4.81. The van der Waals surface area contributed by atoms with Gasteiger partial charge < -0.3 is 5.32 Å². The van der Waals surface area contributed by atoms with E-state index in [0.717, 1.165) is 5.56 Å². The third-order valence-corrected chi connectivity index (χ3v) is 3.80. The van der Waals surface area contributed by atoms with Crippen LogP contribution in [-0.4, -0.2) is 37.9 Å². The Hall–Kier alpha value is -3.49. The molecule has 1 aromatic carbocycles. The number of aryl methyl sites for hydroxylation is 1. The zero-order chi connectivity index (χ0) is 20.1. The summed E-state index contributed by atoms with van der Waals surface area (Å²) in [6, 6.07) is 9.42. The summed E-state index contributed by atoms with van der Waals surface area (Å²) in [5, 5.41) is 17.0. The Kier molecular flexibility index (Phi) is 5.83. The Morgan fingerprint density at radius 1 is 1.29 bits per heavy atom. The second kappa shape index (κ2) is 8.47. The van der Waals surface area contributed by atoms with E-state index in [4.69, 9.17) is 0 Å². The van der Waals surface area contributed by atoms with Gasteiger partial charge in [0, 0.05) is 24.8 Å². The first-order valence-corrected chi connectivity index (χ1v) is 8.95. The van der Waals surface area contributed by atoms with E-state index in [9.17, 15) is 9.18 Å². The van der Waals surface area contributed by atoms with Crippen molar-refractivity contribution in [3.8, 4) is 11.3 Å². The van der Waals surface area contributed by atoms with Gasteiger partial charge in [-0.2, -0.15) is 10.2 Å². The van der Waals surface area contributed by atoms with Gasteiger partial charge in [0.05, 0.1) is 5.69 Å². The van der Waals surface area contributed by atoms with E-state index in [1.165, 1.54) is 12.1 Å². The molecule has 3 rings (SSSR count). The SMILES string of the molecule is CCn1ccc(C(=O)NC(=NC(C)C)Nc2cc(-c3ccc(F)cc3)[nH]n2)n1. The van der Waals surface area contributed by atoms with Crippen molar-refractivity contribution in [3.63, 3.8) is 0 Å². The van der Waals surface area contributed by atoms with Crippen LogP contribution in [-0.2, 0) is 6.54 Å². The number of aromatic nitrogens is 4. The molecule has 146 valence electrons. The maximum atomic E-state index is 13.1. The molecule has 0 saturated carbocycles. The monoisotopic (exact) mass is 383 g/mol. The molecule has 8 nitrogen and oxygen atoms in total. The molecule has 0 atom stereocenters. The molecule has 0 aliphatic heterocycles. The second-order valence-electron chi connectivity index (χ2n) is 6.38. The van der Waals surface area contributed by atoms with Gasteiger partial charge in [-0.3, -0.25) is 19.9 Å². The molecule has 0 aliphatic rings. The van der Waals surface area contributed by atoms with E-state index < -0.39 is 0 Å². The van der Waals surface area contributed by atoms with E-state index in [1.807, 2.05) is 20.8 Å². The minimum atomic E-state index is -0.367. The summed E-state index contributed by atoms with van der Waals surface area (Å²) in [5.41, 5.74) is 1.80. The van der Waals surface area contributed by atoms with Gasteiger partial charge in [0.15, 0.2) is 11.5 Å². The average Bonchev–Trinajstić information content (AvgIpc) is 3.31. The van der Waals surface area contributed by atoms with Crippen LogP contribution in [0.1, 0.15) is 31.3 Å². The second-order valence-corrected chi connectivity index (χ2v) is 6.38. The van der Waals surface area contributed by atoms with Crippen molar-refractivity contribution in [2.45, 2.75) is 33.4 Å². The first-order chi connectivity index (χ1) is 13.4. The van der Waals surface area contributed by atoms with Gasteiger partial charge in [-0.1, -0.05) is 0 Å². The van der Waals surface area contributed by atoms with Crippen LogP contribution in [0.4, 0.5) is 10.2 Å². The van der Waals surface area contributed by atoms with Crippen LogP contribution in [0.2, 0.25) is 0 Å². The molecule has 0 saturated heterocycles. The Morgan fingerprint density at radius 3 is 2.68 bits per heavy atom. The van der Waals surface area contributed by atoms with Gasteiger partial charge in [0.1, 0.15) is 5.82 Å². The lowest BCUT2D eigenvalue weighted by atomic mass is 10.1. The number of nitrogens with zero attached hydrogens (tertiary/aromatic N) is 4. The summed E-state index contributed by atoms with van der Waals surface area (Å²) in [6.45, 7) is 6.42. The molecule has 1 amide bonds. The first-order valence-electron chi connectivity index (χ1n) is 8.95. The number of halogens is 1. The van der Waals surface area contributed by atoms with Crippen LogP contribution < -0.4 is 10.6 Å². The maximum absolute atomic E-state index is 13.1. The number of aromatic amines is 1. The maximum Gasteiger partial charge on any atom is 0.278 e. The molecule has 0 bridgehead atoms. The molecular weight excluding hydrogens is 361 g/mol. The van der Waals surface area contributed by atoms with E-state index in [0.29, 0.717) is 23.8 Å². The van der Waals surface area contributed by atoms with Crippen molar-refractivity contribution in [1.29, 1.82) is 0 Å². The number of carbonyl (C=O) groups is 1. The Balaban J connectivity index is 1.74. The lowest BCUT2D eigenvalue weighted by molar-refractivity contribution is 0.0971. The summed E-state index contributed by atoms with van der Waals surface area (Å²) < 4.78 is 14.8. The van der Waals surface area contributed by atoms with Crippen molar-refractivity contribution >= 4 is 17.7 Å². The topological polar surface area (TPSA) is 100.0 Å². The molecule has 0 spiro atoms. The zero-order valence-corrected chi connectivity index (χ0v) is 15.9. The predicted octanol–water partition coefficient (Wildman–Crippen LogP) is 3.04. The number of carbonyl (C=O) groups excluding carboxylic acids is 1. The number of hydrogen-bond donors (Lipinski definition) is 3. The lowest BCUT2D eigenvalue weighted by Gasteiger charge is -2.10. The molecule has 0 radical (unpaired) electrons. The number of anilines is 1. The molecular formula is C19H22FN7O. The highest BCUT2D eigenvalue weighted by Crippen LogP contribution is 2.20. The first kappa shape index (κ1) is 19.3. The fraction of sp³-hybridized carbons (Fsp3) is 0.263. The van der Waals surface area contributed by atoms with E-state index in [2.05, 4.69) is 30.9 Å². The van der Waals surface area contributed by atoms with Crippen molar-refractivity contribution in [2.24, 2.45) is 4.99 Å². The summed E-state index contributed by atoms with van der Waals surface area (Å²) in [7, 11) is 0. The number of H-pyrrole nitrogens is 1. The van der Waals surface area contributed by atoms with Crippen LogP contribution in [0.15, 0.2) is 47.6 Å². The van der Waals surface area contributed by atoms with Gasteiger partial charge in [-0.05, 0) is 56.7 Å². The molecule has 28 heavy (non-hydrogen) atoms. The van der Waals surface area contributed by atoms with Gasteiger partial charge in [0.2, 0.25) is 5.96 Å². The van der Waals surface area contributed by atoms with Crippen molar-refractivity contribution in [3.05, 3.63) is 54.1 Å². The smallest absolute Gasteiger partial charge is 0.278 e. The van der Waals surface area contributed by atoms with Gasteiger partial charge in [-0.15, -0.1) is 0 Å². The highest BCUT2D eigenvalue weighted by Gasteiger charge is 2.14. The summed E-state index contributed by atoms with van der Waals surface area (Å²) >= 11 is 0. The number of aliphatic imine (C=N–C) groups is 1. The number of amides is 1. The number of guanidine groups is 1. The minimum absolute atomic E-state index is 0.0495. The third-order valence-electron chi connectivity index (χ3n) is 3.80. The molecule has 0 aliphatic carbocycles. The largest absolute Gasteiger partial charge is 0.309 e. The van der Waals surface area contributed by atoms with Gasteiger partial charge >= 0.3 is 0 Å². The molecule has 2 aromatic heterocycles. The minimum Gasteiger partial charge on any atom is -0.309 e. The van der Waals surface area contributed by atoms with Crippen molar-refractivity contribution < 1.29 is 9.18 Å². The number of hydrogen-bond acceptors (Lipinski definition) is 4. The molecule has 9 heteroatoms. The van der Waals surface area contributed by atoms with Crippen LogP contribution in [0, 0.1) is 5.82 Å². The van der Waals surface area contributed by atoms with Crippen LogP contribution >= 0.6 is 0 Å². The Bertz CT molecular complexity index is 972. The quantitative estimate of drug-likeness (QED) is 0.466. The normalized spacial score (nSPS) is 11.7. The van der Waals surface area contributed by atoms with Crippen LogP contribution in [0.5, 0.6) is 0 Å². The Labute approximate surface area is 161 Å². The summed E-state index contributed by atoms with van der Waals surface area (Å²) in [6.07, 6.45) is 1.74. The molecule has 2 heterocycles. The van der Waals surface area contributed by atoms with Crippen LogP contribution in [0.3, 0.4) is 0 Å². The highest BCUT2D eigenvalue weighted by molar-refractivity contribution is 6.09. The summed E-state index contributed by atoms with van der Waals surface area (Å²) in [5.74, 6) is 0.0657. The van der Waals surface area contributed by atoms with Gasteiger partial charge in [-0.25, -0.2) is 9.38 Å². The predicted molar refractivity (Wildman–Crippen MR) is 106 cm³/mol. The number of benzene rings is 1. The van der Waals surface area contributed by atoms with Crippen molar-refractivity contribution in [2.75, 3.05) is 5.32 Å². The zero-order valence-electron chi connectivity index (χ0n) is 15.9. The van der Waals surface area contributed by atoms with E-state index >= 15 is 0 Å². The molecule has 3 N–H and O–H groups in total.